The van der Waals surface area contributed by atoms with Gasteiger partial charge in [0.1, 0.15) is 30.2 Å². The van der Waals surface area contributed by atoms with E-state index in [9.17, 15) is 48.6 Å². The number of carbonyl (C=O) groups is 8. The maximum absolute atomic E-state index is 13.0. The van der Waals surface area contributed by atoms with Crippen LogP contribution in [-0.2, 0) is 44.8 Å². The van der Waals surface area contributed by atoms with Gasteiger partial charge in [-0.25, -0.2) is 4.79 Å². The van der Waals surface area contributed by atoms with Crippen molar-refractivity contribution >= 4 is 53.3 Å². The highest BCUT2D eigenvalue weighted by atomic mass is 16.4. The Labute approximate surface area is 281 Å². The summed E-state index contributed by atoms with van der Waals surface area (Å²) in [5, 5.41) is 30.1. The van der Waals surface area contributed by atoms with Crippen LogP contribution in [0.25, 0.3) is 0 Å². The molecule has 0 bridgehead atoms. The molecule has 0 aliphatic carbocycles. The van der Waals surface area contributed by atoms with Gasteiger partial charge in [-0.2, -0.15) is 0 Å². The zero-order valence-electron chi connectivity index (χ0n) is 27.0. The summed E-state index contributed by atoms with van der Waals surface area (Å²) in [7, 11) is 0. The maximum atomic E-state index is 13.0. The Morgan fingerprint density at radius 2 is 1.20 bits per heavy atom. The third-order valence-electron chi connectivity index (χ3n) is 6.76. The SMILES string of the molecule is C[C@H](NC(=O)[C@H](C)NC(=O)[C@H](CC(=O)O)NC(=O)[C@@H](N)CCCN=C(N)N)C(=O)N[C@@H](Cc1ccccc1)C(=O)N[C@@H](CC(N)=O)C(=O)O. The number of primary amides is 1. The number of carboxylic acid groups (broad SMARTS) is 2. The molecule has 0 saturated carbocycles. The molecule has 20 nitrogen and oxygen atoms in total. The molecule has 15 N–H and O–H groups in total. The number of hydrogen-bond acceptors (Lipinski definition) is 10. The third-order valence-corrected chi connectivity index (χ3v) is 6.76. The lowest BCUT2D eigenvalue weighted by Gasteiger charge is -2.24. The summed E-state index contributed by atoms with van der Waals surface area (Å²) in [6.45, 7) is 2.70. The average Bonchev–Trinajstić information content (AvgIpc) is 3.01. The highest BCUT2D eigenvalue weighted by Gasteiger charge is 2.31. The Morgan fingerprint density at radius 1 is 0.694 bits per heavy atom. The first-order valence-electron chi connectivity index (χ1n) is 15.0. The van der Waals surface area contributed by atoms with Crippen LogP contribution in [-0.4, -0.2) is 106 Å². The molecule has 49 heavy (non-hydrogen) atoms. The second kappa shape index (κ2) is 20.4. The van der Waals surface area contributed by atoms with Gasteiger partial charge in [0.2, 0.25) is 35.4 Å². The second-order valence-electron chi connectivity index (χ2n) is 11.0. The number of aliphatic carboxylic acids is 2. The Morgan fingerprint density at radius 3 is 1.73 bits per heavy atom. The zero-order chi connectivity index (χ0) is 37.3. The van der Waals surface area contributed by atoms with Crippen LogP contribution < -0.4 is 49.5 Å². The van der Waals surface area contributed by atoms with Gasteiger partial charge in [0.15, 0.2) is 5.96 Å². The molecule has 0 aliphatic heterocycles. The quantitative estimate of drug-likeness (QED) is 0.0329. The largest absolute Gasteiger partial charge is 0.481 e. The highest BCUT2D eigenvalue weighted by Crippen LogP contribution is 2.06. The number of hydrogen-bond donors (Lipinski definition) is 11. The number of amides is 6. The number of benzene rings is 1. The van der Waals surface area contributed by atoms with Crippen LogP contribution in [0.2, 0.25) is 0 Å². The van der Waals surface area contributed by atoms with Crippen molar-refractivity contribution in [3.05, 3.63) is 35.9 Å². The normalized spacial score (nSPS) is 14.3. The van der Waals surface area contributed by atoms with Crippen molar-refractivity contribution in [2.75, 3.05) is 6.54 Å². The summed E-state index contributed by atoms with van der Waals surface area (Å²) in [6.07, 6.45) is -1.19. The number of nitrogens with zero attached hydrogens (tertiary/aromatic N) is 1. The summed E-state index contributed by atoms with van der Waals surface area (Å²) in [6, 6.07) is 0.00645. The Balaban J connectivity index is 2.91. The molecule has 0 aromatic heterocycles. The average molecular weight is 693 g/mol. The van der Waals surface area contributed by atoms with E-state index in [1.165, 1.54) is 13.8 Å². The number of guanidine groups is 1. The van der Waals surface area contributed by atoms with Gasteiger partial charge in [-0.15, -0.1) is 0 Å². The van der Waals surface area contributed by atoms with E-state index in [2.05, 4.69) is 31.6 Å². The molecule has 1 aromatic rings. The second-order valence-corrected chi connectivity index (χ2v) is 11.0. The lowest BCUT2D eigenvalue weighted by atomic mass is 10.0. The number of aliphatic imine (C=N–C) groups is 1. The predicted molar refractivity (Wildman–Crippen MR) is 173 cm³/mol. The molecule has 0 unspecified atom stereocenters. The van der Waals surface area contributed by atoms with Crippen molar-refractivity contribution in [1.29, 1.82) is 0 Å². The number of nitrogens with one attached hydrogen (secondary N) is 5. The molecule has 0 saturated heterocycles. The number of carbonyl (C=O) groups excluding carboxylic acids is 6. The van der Waals surface area contributed by atoms with Gasteiger partial charge < -0.3 is 59.7 Å². The highest BCUT2D eigenvalue weighted by molar-refractivity contribution is 5.97. The fourth-order valence-corrected chi connectivity index (χ4v) is 4.13. The van der Waals surface area contributed by atoms with Crippen LogP contribution in [0.4, 0.5) is 0 Å². The lowest BCUT2D eigenvalue weighted by Crippen LogP contribution is -2.58. The van der Waals surface area contributed by atoms with Gasteiger partial charge in [0.25, 0.3) is 0 Å². The van der Waals surface area contributed by atoms with Gasteiger partial charge in [-0.3, -0.25) is 38.6 Å². The fraction of sp³-hybridized carbons (Fsp3) is 0.483. The van der Waals surface area contributed by atoms with Crippen molar-refractivity contribution in [3.8, 4) is 0 Å². The van der Waals surface area contributed by atoms with E-state index in [0.717, 1.165) is 0 Å². The van der Waals surface area contributed by atoms with Crippen LogP contribution in [0.1, 0.15) is 45.1 Å². The van der Waals surface area contributed by atoms with E-state index in [1.807, 2.05) is 0 Å². The van der Waals surface area contributed by atoms with Gasteiger partial charge in [-0.05, 0) is 32.3 Å². The summed E-state index contributed by atoms with van der Waals surface area (Å²) in [4.78, 5) is 102. The summed E-state index contributed by atoms with van der Waals surface area (Å²) >= 11 is 0. The minimum atomic E-state index is -1.66. The Kier molecular flexibility index (Phi) is 17.2. The molecule has 1 aromatic carbocycles. The predicted octanol–water partition coefficient (Wildman–Crippen LogP) is -4.49. The molecule has 20 heteroatoms. The van der Waals surface area contributed by atoms with Crippen LogP contribution in [0, 0.1) is 0 Å². The smallest absolute Gasteiger partial charge is 0.326 e. The summed E-state index contributed by atoms with van der Waals surface area (Å²) in [5.41, 5.74) is 22.0. The first-order chi connectivity index (χ1) is 22.9. The molecule has 0 radical (unpaired) electrons. The molecule has 270 valence electrons. The van der Waals surface area contributed by atoms with E-state index in [1.54, 1.807) is 30.3 Å². The number of rotatable bonds is 21. The minimum absolute atomic E-state index is 0.0922. The summed E-state index contributed by atoms with van der Waals surface area (Å²) in [5.74, 6) is -8.62. The Hall–Kier alpha value is -5.79. The monoisotopic (exact) mass is 692 g/mol. The first-order valence-corrected chi connectivity index (χ1v) is 15.0. The van der Waals surface area contributed by atoms with Gasteiger partial charge >= 0.3 is 11.9 Å². The van der Waals surface area contributed by atoms with E-state index < -0.39 is 96.5 Å². The van der Waals surface area contributed by atoms with Crippen LogP contribution in [0.5, 0.6) is 0 Å². The van der Waals surface area contributed by atoms with Crippen LogP contribution in [0.15, 0.2) is 35.3 Å². The van der Waals surface area contributed by atoms with Crippen molar-refractivity contribution in [3.63, 3.8) is 0 Å². The van der Waals surface area contributed by atoms with E-state index in [0.29, 0.717) is 12.0 Å². The third kappa shape index (κ3) is 16.0. The maximum Gasteiger partial charge on any atom is 0.326 e. The molecular formula is C29H44N10O10. The number of nitrogens with two attached hydrogens (primary N) is 4. The molecule has 0 spiro atoms. The molecular weight excluding hydrogens is 648 g/mol. The number of carboxylic acids is 2. The van der Waals surface area contributed by atoms with Gasteiger partial charge in [0, 0.05) is 13.0 Å². The van der Waals surface area contributed by atoms with Crippen LogP contribution in [0.3, 0.4) is 0 Å². The van der Waals surface area contributed by atoms with Crippen molar-refractivity contribution in [1.82, 2.24) is 26.6 Å². The lowest BCUT2D eigenvalue weighted by molar-refractivity contribution is -0.143. The molecule has 6 amide bonds. The standard InChI is InChI=1S/C29H44N10O10/c1-14(36-26(46)19(13-22(41)42)38-25(45)17(30)9-6-10-34-29(32)33)23(43)35-15(2)24(44)37-18(11-16-7-4-3-5-8-16)27(47)39-20(28(48)49)12-21(31)40/h3-5,7-8,14-15,17-20H,6,9-13,30H2,1-2H3,(H2,31,40)(H,35,43)(H,36,46)(H,37,44)(H,38,45)(H,39,47)(H,41,42)(H,48,49)(H4,32,33,34)/t14-,15-,17-,18-,19-,20-/m0/s1. The molecule has 0 aliphatic rings. The van der Waals surface area contributed by atoms with Crippen molar-refractivity contribution in [2.24, 2.45) is 27.9 Å². The van der Waals surface area contributed by atoms with Gasteiger partial charge in [-0.1, -0.05) is 30.3 Å². The van der Waals surface area contributed by atoms with E-state index >= 15 is 0 Å². The van der Waals surface area contributed by atoms with E-state index in [4.69, 9.17) is 22.9 Å². The molecule has 0 heterocycles. The zero-order valence-corrected chi connectivity index (χ0v) is 27.0. The molecule has 1 rings (SSSR count). The topological polar surface area (TPSA) is 354 Å². The van der Waals surface area contributed by atoms with Crippen molar-refractivity contribution in [2.45, 2.75) is 82.2 Å². The van der Waals surface area contributed by atoms with Crippen molar-refractivity contribution < 1.29 is 48.6 Å². The fourth-order valence-electron chi connectivity index (χ4n) is 4.13. The Bertz CT molecular complexity index is 1390. The summed E-state index contributed by atoms with van der Waals surface area (Å²) < 4.78 is 0. The van der Waals surface area contributed by atoms with E-state index in [-0.39, 0.29) is 25.3 Å². The molecule has 6 atom stereocenters. The van der Waals surface area contributed by atoms with Gasteiger partial charge in [0.05, 0.1) is 18.9 Å². The molecule has 0 fully saturated rings. The van der Waals surface area contributed by atoms with Crippen LogP contribution >= 0.6 is 0 Å². The minimum Gasteiger partial charge on any atom is -0.481 e. The first kappa shape index (κ1) is 41.2.